The first kappa shape index (κ1) is 13.2. The number of carbonyl (C=O) groups is 3. The largest absolute Gasteiger partial charge is 0.345 e. The maximum Gasteiger partial charge on any atom is 0.228 e. The Morgan fingerprint density at radius 3 is 2.44 bits per heavy atom. The fourth-order valence-corrected chi connectivity index (χ4v) is 4.02. The third-order valence-electron chi connectivity index (χ3n) is 5.01. The summed E-state index contributed by atoms with van der Waals surface area (Å²) in [4.78, 5) is 37.6. The van der Waals surface area contributed by atoms with Crippen molar-refractivity contribution in [2.75, 3.05) is 13.6 Å². The first-order chi connectivity index (χ1) is 8.25. The molecule has 18 heavy (non-hydrogen) atoms. The summed E-state index contributed by atoms with van der Waals surface area (Å²) in [6.07, 6.45) is 1.92. The van der Waals surface area contributed by atoms with Crippen LogP contribution in [0.25, 0.3) is 0 Å². The van der Waals surface area contributed by atoms with Crippen molar-refractivity contribution in [3.05, 3.63) is 0 Å². The molecule has 2 fully saturated rings. The van der Waals surface area contributed by atoms with Gasteiger partial charge >= 0.3 is 0 Å². The second kappa shape index (κ2) is 3.90. The molecular weight excluding hydrogens is 230 g/mol. The van der Waals surface area contributed by atoms with E-state index in [0.717, 1.165) is 6.42 Å². The molecule has 4 nitrogen and oxygen atoms in total. The molecule has 0 radical (unpaired) electrons. The Labute approximate surface area is 108 Å². The Morgan fingerprint density at radius 1 is 1.28 bits per heavy atom. The predicted molar refractivity (Wildman–Crippen MR) is 66.8 cm³/mol. The summed E-state index contributed by atoms with van der Waals surface area (Å²) in [5.74, 6) is -0.516. The lowest BCUT2D eigenvalue weighted by molar-refractivity contribution is -0.168. The predicted octanol–water partition coefficient (Wildman–Crippen LogP) is 1.29. The summed E-state index contributed by atoms with van der Waals surface area (Å²) in [6, 6.07) is 0. The third-order valence-corrected chi connectivity index (χ3v) is 5.01. The van der Waals surface area contributed by atoms with Crippen molar-refractivity contribution in [1.82, 2.24) is 4.90 Å². The molecule has 1 saturated carbocycles. The number of aldehydes is 1. The summed E-state index contributed by atoms with van der Waals surface area (Å²) < 4.78 is 0. The minimum absolute atomic E-state index is 0.00247. The molecule has 0 aromatic carbocycles. The van der Waals surface area contributed by atoms with Crippen LogP contribution in [-0.4, -0.2) is 36.5 Å². The lowest BCUT2D eigenvalue weighted by Crippen LogP contribution is -2.61. The summed E-state index contributed by atoms with van der Waals surface area (Å²) in [6.45, 7) is 6.38. The Kier molecular flexibility index (Phi) is 2.87. The van der Waals surface area contributed by atoms with Crippen LogP contribution in [0.5, 0.6) is 0 Å². The Hall–Kier alpha value is -1.19. The number of hydrogen-bond donors (Lipinski definition) is 0. The van der Waals surface area contributed by atoms with Crippen LogP contribution < -0.4 is 0 Å². The highest BCUT2D eigenvalue weighted by molar-refractivity contribution is 6.00. The van der Waals surface area contributed by atoms with Crippen LogP contribution in [-0.2, 0) is 14.4 Å². The smallest absolute Gasteiger partial charge is 0.228 e. The van der Waals surface area contributed by atoms with Gasteiger partial charge in [-0.1, -0.05) is 20.8 Å². The van der Waals surface area contributed by atoms with Crippen LogP contribution >= 0.6 is 0 Å². The second-order valence-corrected chi connectivity index (χ2v) is 6.52. The van der Waals surface area contributed by atoms with E-state index in [9.17, 15) is 14.4 Å². The van der Waals surface area contributed by atoms with Crippen molar-refractivity contribution in [2.45, 2.75) is 33.6 Å². The van der Waals surface area contributed by atoms with Gasteiger partial charge in [-0.25, -0.2) is 0 Å². The van der Waals surface area contributed by atoms with E-state index >= 15 is 0 Å². The molecule has 0 spiro atoms. The SMILES string of the molecule is CN1CC[C@H]2C(C)(C)C(=O)C(C=O)C[C@]2(C)C1=O. The van der Waals surface area contributed by atoms with Gasteiger partial charge in [-0.05, 0) is 18.8 Å². The van der Waals surface area contributed by atoms with Gasteiger partial charge in [-0.15, -0.1) is 0 Å². The lowest BCUT2D eigenvalue weighted by atomic mass is 9.51. The van der Waals surface area contributed by atoms with Gasteiger partial charge in [0.05, 0.1) is 11.3 Å². The number of hydrogen-bond acceptors (Lipinski definition) is 3. The van der Waals surface area contributed by atoms with Gasteiger partial charge in [0.15, 0.2) is 0 Å². The molecule has 1 aliphatic carbocycles. The van der Waals surface area contributed by atoms with Gasteiger partial charge < -0.3 is 9.69 Å². The molecule has 0 aromatic heterocycles. The van der Waals surface area contributed by atoms with Gasteiger partial charge in [-0.2, -0.15) is 0 Å². The Bertz CT molecular complexity index is 415. The normalized spacial score (nSPS) is 39.4. The van der Waals surface area contributed by atoms with Gasteiger partial charge in [0.25, 0.3) is 0 Å². The van der Waals surface area contributed by atoms with Crippen LogP contribution in [0.2, 0.25) is 0 Å². The van der Waals surface area contributed by atoms with Crippen molar-refractivity contribution in [1.29, 1.82) is 0 Å². The van der Waals surface area contributed by atoms with Crippen molar-refractivity contribution in [3.63, 3.8) is 0 Å². The first-order valence-corrected chi connectivity index (χ1v) is 6.50. The average Bonchev–Trinajstić information content (AvgIpc) is 2.31. The molecule has 1 amide bonds. The molecule has 4 heteroatoms. The molecule has 2 aliphatic rings. The second-order valence-electron chi connectivity index (χ2n) is 6.52. The number of nitrogens with zero attached hydrogens (tertiary/aromatic N) is 1. The summed E-state index contributed by atoms with van der Waals surface area (Å²) in [7, 11) is 1.79. The highest BCUT2D eigenvalue weighted by Gasteiger charge is 2.59. The van der Waals surface area contributed by atoms with E-state index in [1.165, 1.54) is 0 Å². The number of Topliss-reactive ketones (excluding diaryl/α,β-unsaturated/α-hetero) is 1. The topological polar surface area (TPSA) is 54.5 Å². The number of piperidine rings is 1. The summed E-state index contributed by atoms with van der Waals surface area (Å²) >= 11 is 0. The van der Waals surface area contributed by atoms with Crippen LogP contribution in [0.3, 0.4) is 0 Å². The van der Waals surface area contributed by atoms with Crippen molar-refractivity contribution >= 4 is 18.0 Å². The van der Waals surface area contributed by atoms with E-state index in [0.29, 0.717) is 19.3 Å². The molecule has 0 N–H and O–H groups in total. The van der Waals surface area contributed by atoms with Crippen LogP contribution in [0.15, 0.2) is 0 Å². The van der Waals surface area contributed by atoms with Gasteiger partial charge in [0.1, 0.15) is 12.1 Å². The molecule has 1 aliphatic heterocycles. The van der Waals surface area contributed by atoms with E-state index in [4.69, 9.17) is 0 Å². The van der Waals surface area contributed by atoms with E-state index in [1.807, 2.05) is 20.8 Å². The van der Waals surface area contributed by atoms with E-state index in [2.05, 4.69) is 0 Å². The average molecular weight is 251 g/mol. The Balaban J connectivity index is 2.47. The number of rotatable bonds is 1. The molecule has 1 heterocycles. The van der Waals surface area contributed by atoms with Crippen molar-refractivity contribution in [2.24, 2.45) is 22.7 Å². The maximum atomic E-state index is 12.4. The van der Waals surface area contributed by atoms with E-state index < -0.39 is 16.7 Å². The molecule has 1 unspecified atom stereocenters. The highest BCUT2D eigenvalue weighted by atomic mass is 16.2. The van der Waals surface area contributed by atoms with Crippen LogP contribution in [0.1, 0.15) is 33.6 Å². The number of likely N-dealkylation sites (tertiary alicyclic amines) is 1. The lowest BCUT2D eigenvalue weighted by Gasteiger charge is -2.54. The molecule has 3 atom stereocenters. The van der Waals surface area contributed by atoms with Crippen molar-refractivity contribution in [3.8, 4) is 0 Å². The number of ketones is 1. The standard InChI is InChI=1S/C14H21NO3/c1-13(2)10-5-6-15(4)12(18)14(10,3)7-9(8-16)11(13)17/h8-10H,5-7H2,1-4H3/t9?,10-,14-/m0/s1. The maximum absolute atomic E-state index is 12.4. The van der Waals surface area contributed by atoms with Gasteiger partial charge in [0, 0.05) is 19.0 Å². The number of carbonyl (C=O) groups excluding carboxylic acids is 3. The monoisotopic (exact) mass is 251 g/mol. The molecule has 0 aromatic rings. The number of amides is 1. The zero-order valence-electron chi connectivity index (χ0n) is 11.5. The third kappa shape index (κ3) is 1.54. The first-order valence-electron chi connectivity index (χ1n) is 6.50. The van der Waals surface area contributed by atoms with Crippen molar-refractivity contribution < 1.29 is 14.4 Å². The fourth-order valence-electron chi connectivity index (χ4n) is 4.02. The summed E-state index contributed by atoms with van der Waals surface area (Å²) in [5.41, 5.74) is -1.16. The Morgan fingerprint density at radius 2 is 1.89 bits per heavy atom. The zero-order chi connectivity index (χ0) is 13.7. The molecule has 2 rings (SSSR count). The van der Waals surface area contributed by atoms with Crippen LogP contribution in [0, 0.1) is 22.7 Å². The molecule has 0 bridgehead atoms. The fraction of sp³-hybridized carbons (Fsp3) is 0.786. The molecule has 1 saturated heterocycles. The minimum Gasteiger partial charge on any atom is -0.345 e. The zero-order valence-corrected chi connectivity index (χ0v) is 11.5. The summed E-state index contributed by atoms with van der Waals surface area (Å²) in [5, 5.41) is 0. The molecule has 100 valence electrons. The van der Waals surface area contributed by atoms with E-state index in [1.54, 1.807) is 11.9 Å². The number of fused-ring (bicyclic) bond motifs is 1. The van der Waals surface area contributed by atoms with Gasteiger partial charge in [-0.3, -0.25) is 9.59 Å². The quantitative estimate of drug-likeness (QED) is 0.521. The van der Waals surface area contributed by atoms with E-state index in [-0.39, 0.29) is 17.6 Å². The van der Waals surface area contributed by atoms with Gasteiger partial charge in [0.2, 0.25) is 5.91 Å². The van der Waals surface area contributed by atoms with Crippen LogP contribution in [0.4, 0.5) is 0 Å². The molecular formula is C14H21NO3. The highest BCUT2D eigenvalue weighted by Crippen LogP contribution is 2.54. The minimum atomic E-state index is -0.628.